The molecule has 0 radical (unpaired) electrons. The Morgan fingerprint density at radius 3 is 2.34 bits per heavy atom. The molecule has 1 aromatic heterocycles. The highest BCUT2D eigenvalue weighted by molar-refractivity contribution is 6.06. The van der Waals surface area contributed by atoms with Crippen molar-refractivity contribution in [1.29, 1.82) is 0 Å². The molecule has 0 saturated carbocycles. The number of esters is 1. The zero-order chi connectivity index (χ0) is 23.5. The summed E-state index contributed by atoms with van der Waals surface area (Å²) in [5.74, 6) is -2.36. The molecule has 0 bridgehead atoms. The van der Waals surface area contributed by atoms with Crippen molar-refractivity contribution in [2.75, 3.05) is 11.9 Å². The number of aromatic nitrogens is 2. The fourth-order valence-electron chi connectivity index (χ4n) is 2.88. The molecular weight excluding hydrogens is 429 g/mol. The Balaban J connectivity index is 1.86. The molecular formula is C21H17F3N4O4. The quantitative estimate of drug-likeness (QED) is 0.563. The molecule has 11 heteroatoms. The molecule has 8 nitrogen and oxygen atoms in total. The van der Waals surface area contributed by atoms with Crippen molar-refractivity contribution in [2.24, 2.45) is 5.73 Å². The summed E-state index contributed by atoms with van der Waals surface area (Å²) < 4.78 is 46.0. The zero-order valence-corrected chi connectivity index (χ0v) is 16.6. The Bertz CT molecular complexity index is 1170. The number of carbonyl (C=O) groups excluding carboxylic acids is 3. The normalized spacial score (nSPS) is 11.1. The van der Waals surface area contributed by atoms with Gasteiger partial charge in [-0.1, -0.05) is 6.07 Å². The topological polar surface area (TPSA) is 116 Å². The number of nitrogens with one attached hydrogen (secondary N) is 1. The third kappa shape index (κ3) is 4.77. The number of nitrogens with zero attached hydrogens (tertiary/aromatic N) is 2. The molecule has 3 aromatic rings. The van der Waals surface area contributed by atoms with Crippen LogP contribution in [0, 0.1) is 0 Å². The smallest absolute Gasteiger partial charge is 0.434 e. The van der Waals surface area contributed by atoms with Crippen LogP contribution in [0.1, 0.15) is 43.7 Å². The SMILES string of the molecule is CCOC(=O)c1cnn(-c2ccc(NC(=O)c3cccc(C(N)=O)c3)cc2)c1C(F)(F)F. The fourth-order valence-corrected chi connectivity index (χ4v) is 2.88. The molecule has 0 aliphatic rings. The summed E-state index contributed by atoms with van der Waals surface area (Å²) in [6.45, 7) is 1.39. The lowest BCUT2D eigenvalue weighted by molar-refractivity contribution is -0.143. The number of benzene rings is 2. The molecule has 0 unspecified atom stereocenters. The molecule has 3 rings (SSSR count). The minimum absolute atomic E-state index is 0.0154. The highest BCUT2D eigenvalue weighted by Gasteiger charge is 2.41. The molecule has 0 aliphatic carbocycles. The van der Waals surface area contributed by atoms with Crippen molar-refractivity contribution in [1.82, 2.24) is 9.78 Å². The summed E-state index contributed by atoms with van der Waals surface area (Å²) in [6, 6.07) is 11.1. The molecule has 0 fully saturated rings. The predicted octanol–water partition coefficient (Wildman–Crippen LogP) is 3.42. The Hall–Kier alpha value is -4.15. The molecule has 2 aromatic carbocycles. The van der Waals surface area contributed by atoms with Gasteiger partial charge in [0.15, 0.2) is 5.69 Å². The minimum atomic E-state index is -4.86. The maximum atomic E-state index is 13.6. The Morgan fingerprint density at radius 1 is 1.09 bits per heavy atom. The number of primary amides is 1. The average Bonchev–Trinajstić information content (AvgIpc) is 3.20. The van der Waals surface area contributed by atoms with Crippen molar-refractivity contribution in [3.8, 4) is 5.69 Å². The first kappa shape index (κ1) is 22.5. The van der Waals surface area contributed by atoms with Crippen LogP contribution < -0.4 is 11.1 Å². The second-order valence-corrected chi connectivity index (χ2v) is 6.48. The number of alkyl halides is 3. The van der Waals surface area contributed by atoms with E-state index >= 15 is 0 Å². The van der Waals surface area contributed by atoms with Crippen molar-refractivity contribution < 1.29 is 32.3 Å². The molecule has 1 heterocycles. The molecule has 0 saturated heterocycles. The lowest BCUT2D eigenvalue weighted by Gasteiger charge is -2.13. The summed E-state index contributed by atoms with van der Waals surface area (Å²) >= 11 is 0. The van der Waals surface area contributed by atoms with Gasteiger partial charge in [-0.15, -0.1) is 0 Å². The predicted molar refractivity (Wildman–Crippen MR) is 107 cm³/mol. The third-order valence-corrected chi connectivity index (χ3v) is 4.31. The van der Waals surface area contributed by atoms with Crippen LogP contribution in [0.15, 0.2) is 54.7 Å². The van der Waals surface area contributed by atoms with Crippen LogP contribution >= 0.6 is 0 Å². The molecule has 0 aliphatic heterocycles. The van der Waals surface area contributed by atoms with E-state index in [1.54, 1.807) is 0 Å². The van der Waals surface area contributed by atoms with Crippen LogP contribution in [0.2, 0.25) is 0 Å². The van der Waals surface area contributed by atoms with Crippen LogP contribution in [-0.4, -0.2) is 34.2 Å². The Labute approximate surface area is 179 Å². The number of amides is 2. The van der Waals surface area contributed by atoms with Gasteiger partial charge in [-0.3, -0.25) is 9.59 Å². The standard InChI is InChI=1S/C21H17F3N4O4/c1-2-32-20(31)16-11-26-28(17(16)21(22,23)24)15-8-6-14(7-9-15)27-19(30)13-5-3-4-12(10-13)18(25)29/h3-11H,2H2,1H3,(H2,25,29)(H,27,30). The average molecular weight is 446 g/mol. The van der Waals surface area contributed by atoms with Crippen LogP contribution in [0.4, 0.5) is 18.9 Å². The summed E-state index contributed by atoms with van der Waals surface area (Å²) in [5.41, 5.74) is 3.86. The maximum absolute atomic E-state index is 13.6. The molecule has 2 amide bonds. The van der Waals surface area contributed by atoms with E-state index in [9.17, 15) is 27.6 Å². The van der Waals surface area contributed by atoms with Crippen molar-refractivity contribution >= 4 is 23.5 Å². The number of anilines is 1. The Morgan fingerprint density at radius 2 is 1.75 bits per heavy atom. The van der Waals surface area contributed by atoms with Crippen LogP contribution in [0.3, 0.4) is 0 Å². The number of ether oxygens (including phenoxy) is 1. The first-order valence-electron chi connectivity index (χ1n) is 9.25. The van der Waals surface area contributed by atoms with Gasteiger partial charge in [-0.05, 0) is 49.4 Å². The molecule has 0 atom stereocenters. The number of halogens is 3. The first-order chi connectivity index (χ1) is 15.1. The van der Waals surface area contributed by atoms with E-state index in [1.165, 1.54) is 55.5 Å². The van der Waals surface area contributed by atoms with Crippen molar-refractivity contribution in [3.05, 3.63) is 77.1 Å². The number of hydrogen-bond donors (Lipinski definition) is 2. The lowest BCUT2D eigenvalue weighted by Crippen LogP contribution is -2.18. The number of hydrogen-bond acceptors (Lipinski definition) is 5. The van der Waals surface area contributed by atoms with Gasteiger partial charge in [0, 0.05) is 16.8 Å². The van der Waals surface area contributed by atoms with Gasteiger partial charge < -0.3 is 15.8 Å². The summed E-state index contributed by atoms with van der Waals surface area (Å²) in [7, 11) is 0. The Kier molecular flexibility index (Phi) is 6.28. The fraction of sp³-hybridized carbons (Fsp3) is 0.143. The van der Waals surface area contributed by atoms with E-state index in [0.717, 1.165) is 6.20 Å². The summed E-state index contributed by atoms with van der Waals surface area (Å²) in [6.07, 6.45) is -4.07. The van der Waals surface area contributed by atoms with Crippen LogP contribution in [0.25, 0.3) is 5.69 Å². The van der Waals surface area contributed by atoms with Gasteiger partial charge in [0.25, 0.3) is 5.91 Å². The molecule has 32 heavy (non-hydrogen) atoms. The lowest BCUT2D eigenvalue weighted by atomic mass is 10.1. The number of rotatable bonds is 6. The zero-order valence-electron chi connectivity index (χ0n) is 16.6. The van der Waals surface area contributed by atoms with Gasteiger partial charge >= 0.3 is 12.1 Å². The van der Waals surface area contributed by atoms with E-state index in [4.69, 9.17) is 5.73 Å². The van der Waals surface area contributed by atoms with Gasteiger partial charge in [-0.25, -0.2) is 9.48 Å². The van der Waals surface area contributed by atoms with E-state index < -0.39 is 35.2 Å². The minimum Gasteiger partial charge on any atom is -0.462 e. The summed E-state index contributed by atoms with van der Waals surface area (Å²) in [4.78, 5) is 35.5. The van der Waals surface area contributed by atoms with Gasteiger partial charge in [-0.2, -0.15) is 18.3 Å². The first-order valence-corrected chi connectivity index (χ1v) is 9.25. The second kappa shape index (κ2) is 8.92. The van der Waals surface area contributed by atoms with Gasteiger partial charge in [0.2, 0.25) is 5.91 Å². The van der Waals surface area contributed by atoms with E-state index in [2.05, 4.69) is 15.2 Å². The number of carbonyl (C=O) groups is 3. The largest absolute Gasteiger partial charge is 0.462 e. The maximum Gasteiger partial charge on any atom is 0.434 e. The van der Waals surface area contributed by atoms with Crippen LogP contribution in [0.5, 0.6) is 0 Å². The van der Waals surface area contributed by atoms with E-state index in [-0.39, 0.29) is 29.1 Å². The van der Waals surface area contributed by atoms with Gasteiger partial charge in [0.05, 0.1) is 18.5 Å². The van der Waals surface area contributed by atoms with Crippen molar-refractivity contribution in [2.45, 2.75) is 13.1 Å². The highest BCUT2D eigenvalue weighted by atomic mass is 19.4. The third-order valence-electron chi connectivity index (χ3n) is 4.31. The number of nitrogens with two attached hydrogens (primary N) is 1. The monoisotopic (exact) mass is 446 g/mol. The van der Waals surface area contributed by atoms with Crippen LogP contribution in [-0.2, 0) is 10.9 Å². The summed E-state index contributed by atoms with van der Waals surface area (Å²) in [5, 5.41) is 6.26. The molecule has 166 valence electrons. The van der Waals surface area contributed by atoms with E-state index in [1.807, 2.05) is 0 Å². The van der Waals surface area contributed by atoms with E-state index in [0.29, 0.717) is 4.68 Å². The highest BCUT2D eigenvalue weighted by Crippen LogP contribution is 2.34. The second-order valence-electron chi connectivity index (χ2n) is 6.48. The molecule has 0 spiro atoms. The molecule has 3 N–H and O–H groups in total. The van der Waals surface area contributed by atoms with Crippen molar-refractivity contribution in [3.63, 3.8) is 0 Å². The van der Waals surface area contributed by atoms with Gasteiger partial charge in [0.1, 0.15) is 5.56 Å².